The molecule has 2 rings (SSSR count). The predicted octanol–water partition coefficient (Wildman–Crippen LogP) is 2.49. The largest absolute Gasteiger partial charge is 0.279 e. The van der Waals surface area contributed by atoms with Crippen LogP contribution in [0.1, 0.15) is 25.7 Å². The smallest absolute Gasteiger partial charge is 0.202 e. The van der Waals surface area contributed by atoms with Crippen LogP contribution in [0.3, 0.4) is 0 Å². The lowest BCUT2D eigenvalue weighted by molar-refractivity contribution is 0.342. The molecule has 0 aromatic heterocycles. The van der Waals surface area contributed by atoms with E-state index in [4.69, 9.17) is 0 Å². The number of hydrogen-bond donors (Lipinski definition) is 1. The minimum absolute atomic E-state index is 0.513. The van der Waals surface area contributed by atoms with Crippen LogP contribution in [0, 0.1) is 0 Å². The van der Waals surface area contributed by atoms with Gasteiger partial charge >= 0.3 is 0 Å². The van der Waals surface area contributed by atoms with Crippen molar-refractivity contribution in [2.45, 2.75) is 30.6 Å². The van der Waals surface area contributed by atoms with Gasteiger partial charge in [0.05, 0.1) is 0 Å². The Morgan fingerprint density at radius 1 is 1.10 bits per heavy atom. The van der Waals surface area contributed by atoms with Gasteiger partial charge < -0.3 is 0 Å². The molecule has 0 saturated carbocycles. The van der Waals surface area contributed by atoms with Crippen LogP contribution in [0.25, 0.3) is 0 Å². The second-order valence-electron chi connectivity index (χ2n) is 4.87. The molecule has 0 aliphatic carbocycles. The number of benzene rings is 1. The van der Waals surface area contributed by atoms with E-state index in [1.54, 1.807) is 16.1 Å². The molecule has 20 heavy (non-hydrogen) atoms. The van der Waals surface area contributed by atoms with Crippen LogP contribution >= 0.6 is 11.8 Å². The average molecular weight is 314 g/mol. The molecule has 0 bridgehead atoms. The fraction of sp³-hybridized carbons (Fsp3) is 0.571. The molecule has 0 atom stereocenters. The highest BCUT2D eigenvalue weighted by molar-refractivity contribution is 7.99. The van der Waals surface area contributed by atoms with Gasteiger partial charge in [0.25, 0.3) is 10.2 Å². The van der Waals surface area contributed by atoms with Crippen molar-refractivity contribution in [1.29, 1.82) is 0 Å². The standard InChI is InChI=1S/C14H22N2O2S2/c17-20(18,16-11-5-2-6-12-16)15-10-7-13-19-14-8-3-1-4-9-14/h1,3-4,8-9,15H,2,5-7,10-13H2. The number of nitrogens with one attached hydrogen (secondary N) is 1. The second kappa shape index (κ2) is 8.02. The van der Waals surface area contributed by atoms with Crippen molar-refractivity contribution in [1.82, 2.24) is 9.03 Å². The first-order valence-corrected chi connectivity index (χ1v) is 9.54. The average Bonchev–Trinajstić information content (AvgIpc) is 2.49. The number of nitrogens with zero attached hydrogens (tertiary/aromatic N) is 1. The van der Waals surface area contributed by atoms with Gasteiger partial charge in [-0.3, -0.25) is 0 Å². The quantitative estimate of drug-likeness (QED) is 0.621. The van der Waals surface area contributed by atoms with E-state index in [0.717, 1.165) is 31.4 Å². The number of rotatable bonds is 7. The van der Waals surface area contributed by atoms with E-state index in [0.29, 0.717) is 19.6 Å². The van der Waals surface area contributed by atoms with Crippen LogP contribution in [0.4, 0.5) is 0 Å². The van der Waals surface area contributed by atoms with Gasteiger partial charge in [-0.05, 0) is 37.1 Å². The molecule has 0 amide bonds. The SMILES string of the molecule is O=S(=O)(NCCCSc1ccccc1)N1CCCCC1. The summed E-state index contributed by atoms with van der Waals surface area (Å²) in [5, 5.41) is 0. The minimum atomic E-state index is -3.25. The predicted molar refractivity (Wildman–Crippen MR) is 84.1 cm³/mol. The van der Waals surface area contributed by atoms with Crippen molar-refractivity contribution < 1.29 is 8.42 Å². The first-order valence-electron chi connectivity index (χ1n) is 7.11. The monoisotopic (exact) mass is 314 g/mol. The number of piperidine rings is 1. The van der Waals surface area contributed by atoms with Gasteiger partial charge in [0.2, 0.25) is 0 Å². The summed E-state index contributed by atoms with van der Waals surface area (Å²) in [6, 6.07) is 10.2. The van der Waals surface area contributed by atoms with E-state index in [2.05, 4.69) is 16.9 Å². The van der Waals surface area contributed by atoms with Gasteiger partial charge in [-0.1, -0.05) is 24.6 Å². The van der Waals surface area contributed by atoms with E-state index in [-0.39, 0.29) is 0 Å². The van der Waals surface area contributed by atoms with Crippen molar-refractivity contribution >= 4 is 22.0 Å². The van der Waals surface area contributed by atoms with Gasteiger partial charge in [0.15, 0.2) is 0 Å². The summed E-state index contributed by atoms with van der Waals surface area (Å²) in [5.41, 5.74) is 0. The number of hydrogen-bond acceptors (Lipinski definition) is 3. The van der Waals surface area contributed by atoms with E-state index in [1.165, 1.54) is 4.90 Å². The zero-order valence-electron chi connectivity index (χ0n) is 11.6. The highest BCUT2D eigenvalue weighted by atomic mass is 32.2. The van der Waals surface area contributed by atoms with Gasteiger partial charge in [0, 0.05) is 24.5 Å². The van der Waals surface area contributed by atoms with Crippen LogP contribution in [0.15, 0.2) is 35.2 Å². The van der Waals surface area contributed by atoms with Crippen molar-refractivity contribution in [3.8, 4) is 0 Å². The molecule has 1 saturated heterocycles. The van der Waals surface area contributed by atoms with Crippen LogP contribution in [0.5, 0.6) is 0 Å². The molecular weight excluding hydrogens is 292 g/mol. The van der Waals surface area contributed by atoms with Crippen molar-refractivity contribution in [2.24, 2.45) is 0 Å². The molecule has 4 nitrogen and oxygen atoms in total. The summed E-state index contributed by atoms with van der Waals surface area (Å²) in [4.78, 5) is 1.23. The van der Waals surface area contributed by atoms with Crippen molar-refractivity contribution in [3.63, 3.8) is 0 Å². The fourth-order valence-corrected chi connectivity index (χ4v) is 4.37. The molecule has 0 spiro atoms. The van der Waals surface area contributed by atoms with Crippen molar-refractivity contribution in [3.05, 3.63) is 30.3 Å². The van der Waals surface area contributed by atoms with Gasteiger partial charge in [-0.25, -0.2) is 4.72 Å². The zero-order valence-corrected chi connectivity index (χ0v) is 13.3. The Balaban J connectivity index is 1.65. The molecule has 1 aromatic rings. The highest BCUT2D eigenvalue weighted by Gasteiger charge is 2.22. The molecular formula is C14H22N2O2S2. The molecule has 1 aliphatic heterocycles. The maximum atomic E-state index is 12.0. The topological polar surface area (TPSA) is 49.4 Å². The Kier molecular flexibility index (Phi) is 6.35. The Hall–Kier alpha value is -0.560. The lowest BCUT2D eigenvalue weighted by Gasteiger charge is -2.25. The van der Waals surface area contributed by atoms with Gasteiger partial charge in [-0.15, -0.1) is 11.8 Å². The van der Waals surface area contributed by atoms with E-state index in [9.17, 15) is 8.42 Å². The Labute approximate surface area is 126 Å². The number of thioether (sulfide) groups is 1. The maximum absolute atomic E-state index is 12.0. The van der Waals surface area contributed by atoms with Crippen molar-refractivity contribution in [2.75, 3.05) is 25.4 Å². The second-order valence-corrected chi connectivity index (χ2v) is 7.80. The zero-order chi connectivity index (χ0) is 14.3. The molecule has 1 aromatic carbocycles. The third kappa shape index (κ3) is 5.09. The molecule has 6 heteroatoms. The summed E-state index contributed by atoms with van der Waals surface area (Å²) in [5.74, 6) is 0.923. The first-order chi connectivity index (χ1) is 9.68. The van der Waals surface area contributed by atoms with Gasteiger partial charge in [0.1, 0.15) is 0 Å². The molecule has 1 fully saturated rings. The fourth-order valence-electron chi connectivity index (χ4n) is 2.18. The van der Waals surface area contributed by atoms with E-state index in [1.807, 2.05) is 18.2 Å². The van der Waals surface area contributed by atoms with Crippen LogP contribution < -0.4 is 4.72 Å². The first kappa shape index (κ1) is 15.8. The Morgan fingerprint density at radius 3 is 2.50 bits per heavy atom. The molecule has 1 heterocycles. The van der Waals surface area contributed by atoms with Crippen LogP contribution in [0.2, 0.25) is 0 Å². The van der Waals surface area contributed by atoms with E-state index >= 15 is 0 Å². The molecule has 1 N–H and O–H groups in total. The van der Waals surface area contributed by atoms with E-state index < -0.39 is 10.2 Å². The molecule has 0 radical (unpaired) electrons. The normalized spacial score (nSPS) is 17.2. The van der Waals surface area contributed by atoms with Crippen LogP contribution in [-0.2, 0) is 10.2 Å². The lowest BCUT2D eigenvalue weighted by Crippen LogP contribution is -2.43. The molecule has 112 valence electrons. The summed E-state index contributed by atoms with van der Waals surface area (Å²) >= 11 is 1.76. The Morgan fingerprint density at radius 2 is 1.80 bits per heavy atom. The Bertz CT molecular complexity index is 485. The third-order valence-electron chi connectivity index (χ3n) is 3.27. The van der Waals surface area contributed by atoms with Crippen LogP contribution in [-0.4, -0.2) is 38.1 Å². The highest BCUT2D eigenvalue weighted by Crippen LogP contribution is 2.17. The third-order valence-corrected chi connectivity index (χ3v) is 5.98. The summed E-state index contributed by atoms with van der Waals surface area (Å²) in [7, 11) is -3.25. The maximum Gasteiger partial charge on any atom is 0.279 e. The summed E-state index contributed by atoms with van der Waals surface area (Å²) in [6.45, 7) is 1.83. The minimum Gasteiger partial charge on any atom is -0.202 e. The summed E-state index contributed by atoms with van der Waals surface area (Å²) in [6.07, 6.45) is 3.93. The molecule has 1 aliphatic rings. The molecule has 0 unspecified atom stereocenters. The lowest BCUT2D eigenvalue weighted by atomic mass is 10.2. The van der Waals surface area contributed by atoms with Gasteiger partial charge in [-0.2, -0.15) is 12.7 Å². The summed E-state index contributed by atoms with van der Waals surface area (Å²) < 4.78 is 28.3.